The first kappa shape index (κ1) is 21.1. The zero-order valence-corrected chi connectivity index (χ0v) is 17.7. The average Bonchev–Trinajstić information content (AvgIpc) is 2.72. The van der Waals surface area contributed by atoms with E-state index in [4.69, 9.17) is 4.18 Å². The van der Waals surface area contributed by atoms with Crippen LogP contribution in [-0.4, -0.2) is 13.4 Å². The van der Waals surface area contributed by atoms with Crippen molar-refractivity contribution in [2.24, 2.45) is 0 Å². The van der Waals surface area contributed by atoms with Crippen LogP contribution in [0.2, 0.25) is 0 Å². The van der Waals surface area contributed by atoms with Crippen molar-refractivity contribution in [3.8, 4) is 16.9 Å². The maximum atomic E-state index is 13.7. The fourth-order valence-electron chi connectivity index (χ4n) is 3.02. The van der Waals surface area contributed by atoms with Crippen molar-refractivity contribution in [3.05, 3.63) is 93.1 Å². The van der Waals surface area contributed by atoms with E-state index < -0.39 is 33.1 Å². The molecule has 0 spiro atoms. The van der Waals surface area contributed by atoms with Gasteiger partial charge in [-0.2, -0.15) is 8.42 Å². The van der Waals surface area contributed by atoms with Crippen LogP contribution in [0.15, 0.2) is 75.0 Å². The molecular formula is C21H11BrF3NO4S. The van der Waals surface area contributed by atoms with Crippen molar-refractivity contribution in [1.29, 1.82) is 0 Å². The summed E-state index contributed by atoms with van der Waals surface area (Å²) in [5.74, 6) is -4.55. The second-order valence-electron chi connectivity index (χ2n) is 6.48. The lowest BCUT2D eigenvalue weighted by Gasteiger charge is -2.11. The van der Waals surface area contributed by atoms with E-state index in [9.17, 15) is 26.4 Å². The minimum Gasteiger partial charge on any atom is -0.379 e. The predicted molar refractivity (Wildman–Crippen MR) is 112 cm³/mol. The Balaban J connectivity index is 1.84. The Morgan fingerprint density at radius 1 is 0.871 bits per heavy atom. The summed E-state index contributed by atoms with van der Waals surface area (Å²) in [6.07, 6.45) is 1.20. The first-order chi connectivity index (χ1) is 14.7. The number of pyridine rings is 1. The van der Waals surface area contributed by atoms with Crippen molar-refractivity contribution >= 4 is 36.8 Å². The molecule has 0 atom stereocenters. The summed E-state index contributed by atoms with van der Waals surface area (Å²) in [6, 6.07) is 11.2. The fourth-order valence-corrected chi connectivity index (χ4v) is 4.20. The monoisotopic (exact) mass is 509 g/mol. The second kappa shape index (κ2) is 7.86. The Hall–Kier alpha value is -3.11. The van der Waals surface area contributed by atoms with Gasteiger partial charge in [0.05, 0.1) is 0 Å². The lowest BCUT2D eigenvalue weighted by molar-refractivity contribution is 0.448. The van der Waals surface area contributed by atoms with E-state index in [0.717, 1.165) is 12.1 Å². The number of fused-ring (bicyclic) bond motifs is 1. The van der Waals surface area contributed by atoms with E-state index in [1.807, 2.05) is 0 Å². The van der Waals surface area contributed by atoms with Gasteiger partial charge in [-0.3, -0.25) is 4.79 Å². The van der Waals surface area contributed by atoms with Crippen molar-refractivity contribution in [2.75, 3.05) is 0 Å². The van der Waals surface area contributed by atoms with Gasteiger partial charge in [-0.1, -0.05) is 15.9 Å². The lowest BCUT2D eigenvalue weighted by Crippen LogP contribution is -2.10. The SMILES string of the molecule is O=c1[nH]cc(-c2cc(F)c(F)c(F)c2)c2cc(OS(=O)(=O)c3ccc(Br)cc3)ccc12. The summed E-state index contributed by atoms with van der Waals surface area (Å²) >= 11 is 3.21. The molecule has 1 aromatic heterocycles. The highest BCUT2D eigenvalue weighted by Crippen LogP contribution is 2.32. The largest absolute Gasteiger partial charge is 0.379 e. The van der Waals surface area contributed by atoms with Crippen LogP contribution < -0.4 is 9.74 Å². The molecule has 158 valence electrons. The summed E-state index contributed by atoms with van der Waals surface area (Å²) in [7, 11) is -4.18. The molecule has 0 aliphatic rings. The zero-order valence-electron chi connectivity index (χ0n) is 15.3. The molecule has 0 aliphatic carbocycles. The Bertz CT molecular complexity index is 1460. The minimum atomic E-state index is -4.18. The van der Waals surface area contributed by atoms with Crippen molar-refractivity contribution in [1.82, 2.24) is 4.98 Å². The highest BCUT2D eigenvalue weighted by Gasteiger charge is 2.19. The first-order valence-electron chi connectivity index (χ1n) is 8.66. The lowest BCUT2D eigenvalue weighted by atomic mass is 10.0. The Morgan fingerprint density at radius 3 is 2.16 bits per heavy atom. The van der Waals surface area contributed by atoms with Gasteiger partial charge >= 0.3 is 10.1 Å². The third-order valence-corrected chi connectivity index (χ3v) is 6.27. The average molecular weight is 510 g/mol. The smallest absolute Gasteiger partial charge is 0.339 e. The molecule has 0 saturated heterocycles. The Labute approximate surface area is 182 Å². The standard InChI is InChI=1S/C21H11BrF3NO4S/c22-12-1-4-14(5-2-12)31(28,29)30-13-3-6-15-16(9-13)17(10-26-21(15)27)11-7-18(23)20(25)19(24)8-11/h1-10H,(H,26,27). The molecule has 3 aromatic carbocycles. The maximum Gasteiger partial charge on any atom is 0.339 e. The van der Waals surface area contributed by atoms with Crippen molar-refractivity contribution < 1.29 is 25.8 Å². The summed E-state index contributed by atoms with van der Waals surface area (Å²) in [6.45, 7) is 0. The van der Waals surface area contributed by atoms with E-state index in [-0.39, 0.29) is 32.5 Å². The van der Waals surface area contributed by atoms with Gasteiger partial charge < -0.3 is 9.17 Å². The topological polar surface area (TPSA) is 76.2 Å². The van der Waals surface area contributed by atoms with Gasteiger partial charge in [-0.25, -0.2) is 13.2 Å². The molecule has 4 rings (SSSR count). The van der Waals surface area contributed by atoms with Gasteiger partial charge in [0.2, 0.25) is 0 Å². The molecule has 0 bridgehead atoms. The molecule has 5 nitrogen and oxygen atoms in total. The van der Waals surface area contributed by atoms with Gasteiger partial charge in [-0.05, 0) is 60.2 Å². The number of aromatic nitrogens is 1. The van der Waals surface area contributed by atoms with Gasteiger partial charge in [0, 0.05) is 27.0 Å². The molecule has 0 fully saturated rings. The van der Waals surface area contributed by atoms with Crippen LogP contribution >= 0.6 is 15.9 Å². The summed E-state index contributed by atoms with van der Waals surface area (Å²) in [5.41, 5.74) is -0.409. The normalized spacial score (nSPS) is 11.6. The molecule has 31 heavy (non-hydrogen) atoms. The number of hydrogen-bond donors (Lipinski definition) is 1. The van der Waals surface area contributed by atoms with E-state index in [2.05, 4.69) is 20.9 Å². The highest BCUT2D eigenvalue weighted by atomic mass is 79.9. The number of halogens is 4. The summed E-state index contributed by atoms with van der Waals surface area (Å²) in [4.78, 5) is 14.5. The Kier molecular flexibility index (Phi) is 5.36. The number of H-pyrrole nitrogens is 1. The highest BCUT2D eigenvalue weighted by molar-refractivity contribution is 9.10. The number of benzene rings is 3. The maximum absolute atomic E-state index is 13.7. The molecule has 1 N–H and O–H groups in total. The number of aromatic amines is 1. The predicted octanol–water partition coefficient (Wildman–Crippen LogP) is 5.14. The van der Waals surface area contributed by atoms with E-state index in [1.54, 1.807) is 0 Å². The molecule has 4 aromatic rings. The molecule has 1 heterocycles. The molecule has 0 radical (unpaired) electrons. The van der Waals surface area contributed by atoms with Gasteiger partial charge in [0.25, 0.3) is 5.56 Å². The third-order valence-electron chi connectivity index (χ3n) is 4.48. The molecule has 0 saturated carbocycles. The van der Waals surface area contributed by atoms with E-state index in [1.165, 1.54) is 48.7 Å². The minimum absolute atomic E-state index is 0.0504. The van der Waals surface area contributed by atoms with Crippen molar-refractivity contribution in [2.45, 2.75) is 4.90 Å². The van der Waals surface area contributed by atoms with Crippen LogP contribution in [0.4, 0.5) is 13.2 Å². The van der Waals surface area contributed by atoms with Crippen LogP contribution in [-0.2, 0) is 10.1 Å². The number of nitrogens with one attached hydrogen (secondary N) is 1. The van der Waals surface area contributed by atoms with Gasteiger partial charge in [-0.15, -0.1) is 0 Å². The number of hydrogen-bond acceptors (Lipinski definition) is 4. The Morgan fingerprint density at radius 2 is 1.52 bits per heavy atom. The van der Waals surface area contributed by atoms with Crippen LogP contribution in [0.3, 0.4) is 0 Å². The molecule has 0 amide bonds. The zero-order chi connectivity index (χ0) is 22.3. The molecule has 0 aliphatic heterocycles. The second-order valence-corrected chi connectivity index (χ2v) is 8.95. The van der Waals surface area contributed by atoms with Crippen LogP contribution in [0.5, 0.6) is 5.75 Å². The quantitative estimate of drug-likeness (QED) is 0.305. The first-order valence-corrected chi connectivity index (χ1v) is 10.9. The molecule has 10 heteroatoms. The van der Waals surface area contributed by atoms with Crippen LogP contribution in [0, 0.1) is 17.5 Å². The van der Waals surface area contributed by atoms with Gasteiger partial charge in [0.1, 0.15) is 10.6 Å². The third kappa shape index (κ3) is 4.08. The van der Waals surface area contributed by atoms with Crippen LogP contribution in [0.25, 0.3) is 21.9 Å². The van der Waals surface area contributed by atoms with E-state index in [0.29, 0.717) is 4.47 Å². The summed E-state index contributed by atoms with van der Waals surface area (Å²) < 4.78 is 71.8. The van der Waals surface area contributed by atoms with Crippen LogP contribution in [0.1, 0.15) is 0 Å². The molecular weight excluding hydrogens is 499 g/mol. The van der Waals surface area contributed by atoms with E-state index >= 15 is 0 Å². The van der Waals surface area contributed by atoms with Gasteiger partial charge in [0.15, 0.2) is 17.5 Å². The number of rotatable bonds is 4. The fraction of sp³-hybridized carbons (Fsp3) is 0. The van der Waals surface area contributed by atoms with Crippen molar-refractivity contribution in [3.63, 3.8) is 0 Å². The molecule has 0 unspecified atom stereocenters. The summed E-state index contributed by atoms with van der Waals surface area (Å²) in [5, 5.41) is 0.286.